The van der Waals surface area contributed by atoms with Gasteiger partial charge in [0.25, 0.3) is 0 Å². The molecule has 0 fully saturated rings. The van der Waals surface area contributed by atoms with Gasteiger partial charge < -0.3 is 15.0 Å². The van der Waals surface area contributed by atoms with E-state index >= 15 is 0 Å². The molecule has 5 heteroatoms. The van der Waals surface area contributed by atoms with Crippen LogP contribution in [0.15, 0.2) is 6.33 Å². The van der Waals surface area contributed by atoms with Crippen molar-refractivity contribution in [3.8, 4) is 5.75 Å². The molecule has 90 valence electrons. The number of hydrogen-bond acceptors (Lipinski definition) is 5. The second-order valence-corrected chi connectivity index (χ2v) is 3.81. The van der Waals surface area contributed by atoms with Crippen molar-refractivity contribution in [3.05, 3.63) is 6.33 Å². The van der Waals surface area contributed by atoms with Gasteiger partial charge in [0.2, 0.25) is 5.75 Å². The highest BCUT2D eigenvalue weighted by atomic mass is 16.5. The number of rotatable bonds is 5. The molecule has 0 aliphatic rings. The summed E-state index contributed by atoms with van der Waals surface area (Å²) in [5, 5.41) is 3.16. The third-order valence-electron chi connectivity index (χ3n) is 2.44. The molecule has 1 rings (SSSR count). The van der Waals surface area contributed by atoms with Crippen molar-refractivity contribution in [1.29, 1.82) is 0 Å². The van der Waals surface area contributed by atoms with E-state index < -0.39 is 0 Å². The molecule has 0 unspecified atom stereocenters. The minimum absolute atomic E-state index is 0.360. The molecule has 1 aromatic heterocycles. The fraction of sp³-hybridized carbons (Fsp3) is 0.636. The number of ether oxygens (including phenoxy) is 1. The van der Waals surface area contributed by atoms with E-state index in [0.717, 1.165) is 18.2 Å². The second kappa shape index (κ2) is 5.53. The zero-order valence-corrected chi connectivity index (χ0v) is 10.6. The molecule has 5 nitrogen and oxygen atoms in total. The van der Waals surface area contributed by atoms with Crippen LogP contribution in [0.1, 0.15) is 20.8 Å². The van der Waals surface area contributed by atoms with Crippen LogP contribution in [-0.4, -0.2) is 36.7 Å². The minimum atomic E-state index is 0.360. The van der Waals surface area contributed by atoms with E-state index in [1.54, 1.807) is 13.4 Å². The molecule has 0 aliphatic heterocycles. The Labute approximate surface area is 96.8 Å². The van der Waals surface area contributed by atoms with Gasteiger partial charge in [-0.05, 0) is 20.8 Å². The zero-order valence-electron chi connectivity index (χ0n) is 10.6. The average Bonchev–Trinajstić information content (AvgIpc) is 2.28. The first-order valence-corrected chi connectivity index (χ1v) is 5.47. The zero-order chi connectivity index (χ0) is 12.1. The van der Waals surface area contributed by atoms with Crippen LogP contribution in [-0.2, 0) is 0 Å². The summed E-state index contributed by atoms with van der Waals surface area (Å²) in [6.07, 6.45) is 1.55. The molecule has 0 bridgehead atoms. The normalized spacial score (nSPS) is 10.4. The van der Waals surface area contributed by atoms with Gasteiger partial charge in [-0.1, -0.05) is 0 Å². The SMILES string of the molecule is CCNc1ncnc(N(C)C(C)C)c1OC. The van der Waals surface area contributed by atoms with Crippen molar-refractivity contribution >= 4 is 11.6 Å². The number of methoxy groups -OCH3 is 1. The van der Waals surface area contributed by atoms with Crippen molar-refractivity contribution in [3.63, 3.8) is 0 Å². The first-order valence-electron chi connectivity index (χ1n) is 5.47. The van der Waals surface area contributed by atoms with Gasteiger partial charge in [-0.2, -0.15) is 0 Å². The Morgan fingerprint density at radius 3 is 2.62 bits per heavy atom. The van der Waals surface area contributed by atoms with E-state index in [1.165, 1.54) is 0 Å². The van der Waals surface area contributed by atoms with Crippen LogP contribution in [0.2, 0.25) is 0 Å². The molecule has 0 radical (unpaired) electrons. The molecule has 0 aliphatic carbocycles. The molecule has 1 aromatic rings. The molecule has 1 heterocycles. The average molecular weight is 224 g/mol. The van der Waals surface area contributed by atoms with Crippen molar-refractivity contribution < 1.29 is 4.74 Å². The topological polar surface area (TPSA) is 50.3 Å². The Kier molecular flexibility index (Phi) is 4.34. The summed E-state index contributed by atoms with van der Waals surface area (Å²) >= 11 is 0. The molecule has 0 aromatic carbocycles. The molecule has 0 spiro atoms. The number of aromatic nitrogens is 2. The fourth-order valence-corrected chi connectivity index (χ4v) is 1.34. The van der Waals surface area contributed by atoms with Gasteiger partial charge in [0.05, 0.1) is 7.11 Å². The van der Waals surface area contributed by atoms with E-state index in [0.29, 0.717) is 11.8 Å². The highest BCUT2D eigenvalue weighted by Gasteiger charge is 2.16. The lowest BCUT2D eigenvalue weighted by atomic mass is 10.3. The van der Waals surface area contributed by atoms with Gasteiger partial charge in [0, 0.05) is 19.6 Å². The number of hydrogen-bond donors (Lipinski definition) is 1. The third-order valence-corrected chi connectivity index (χ3v) is 2.44. The highest BCUT2D eigenvalue weighted by Crippen LogP contribution is 2.31. The first kappa shape index (κ1) is 12.5. The van der Waals surface area contributed by atoms with Gasteiger partial charge in [0.15, 0.2) is 11.6 Å². The Bertz CT molecular complexity index is 341. The number of nitrogens with one attached hydrogen (secondary N) is 1. The molecule has 1 N–H and O–H groups in total. The van der Waals surface area contributed by atoms with Gasteiger partial charge in [-0.25, -0.2) is 9.97 Å². The summed E-state index contributed by atoms with van der Waals surface area (Å²) in [6, 6.07) is 0.360. The van der Waals surface area contributed by atoms with E-state index in [-0.39, 0.29) is 0 Å². The summed E-state index contributed by atoms with van der Waals surface area (Å²) in [4.78, 5) is 10.5. The van der Waals surface area contributed by atoms with Crippen LogP contribution < -0.4 is 15.0 Å². The summed E-state index contributed by atoms with van der Waals surface area (Å²) < 4.78 is 5.37. The van der Waals surface area contributed by atoms with Crippen LogP contribution >= 0.6 is 0 Å². The standard InChI is InChI=1S/C11H20N4O/c1-6-12-10-9(16-5)11(14-7-13-10)15(4)8(2)3/h7-8H,6H2,1-5H3,(H,12,13,14). The minimum Gasteiger partial charge on any atom is -0.490 e. The molecule has 0 saturated carbocycles. The van der Waals surface area contributed by atoms with E-state index in [2.05, 4.69) is 34.0 Å². The van der Waals surface area contributed by atoms with Crippen molar-refractivity contribution in [2.24, 2.45) is 0 Å². The quantitative estimate of drug-likeness (QED) is 0.826. The summed E-state index contributed by atoms with van der Waals surface area (Å²) in [5.74, 6) is 2.24. The maximum atomic E-state index is 5.37. The second-order valence-electron chi connectivity index (χ2n) is 3.81. The van der Waals surface area contributed by atoms with Crippen LogP contribution in [0.25, 0.3) is 0 Å². The molecule has 16 heavy (non-hydrogen) atoms. The smallest absolute Gasteiger partial charge is 0.204 e. The molecule has 0 atom stereocenters. The maximum Gasteiger partial charge on any atom is 0.204 e. The summed E-state index contributed by atoms with van der Waals surface area (Å²) in [6.45, 7) is 7.04. The van der Waals surface area contributed by atoms with Crippen molar-refractivity contribution in [2.45, 2.75) is 26.8 Å². The summed E-state index contributed by atoms with van der Waals surface area (Å²) in [5.41, 5.74) is 0. The molecular formula is C11H20N4O. The first-order chi connectivity index (χ1) is 7.61. The maximum absolute atomic E-state index is 5.37. The largest absolute Gasteiger partial charge is 0.490 e. The van der Waals surface area contributed by atoms with E-state index in [4.69, 9.17) is 4.74 Å². The van der Waals surface area contributed by atoms with E-state index in [1.807, 2.05) is 14.0 Å². The Morgan fingerprint density at radius 2 is 2.12 bits per heavy atom. The Morgan fingerprint density at radius 1 is 1.44 bits per heavy atom. The van der Waals surface area contributed by atoms with Gasteiger partial charge in [0.1, 0.15) is 6.33 Å². The van der Waals surface area contributed by atoms with Crippen molar-refractivity contribution in [2.75, 3.05) is 30.9 Å². The van der Waals surface area contributed by atoms with Gasteiger partial charge >= 0.3 is 0 Å². The Hall–Kier alpha value is -1.52. The fourth-order valence-electron chi connectivity index (χ4n) is 1.34. The molecule has 0 amide bonds. The van der Waals surface area contributed by atoms with Gasteiger partial charge in [-0.15, -0.1) is 0 Å². The molecule has 0 saturated heterocycles. The highest BCUT2D eigenvalue weighted by molar-refractivity contribution is 5.64. The Balaban J connectivity index is 3.12. The van der Waals surface area contributed by atoms with Crippen molar-refractivity contribution in [1.82, 2.24) is 9.97 Å². The predicted octanol–water partition coefficient (Wildman–Crippen LogP) is 1.76. The lowest BCUT2D eigenvalue weighted by molar-refractivity contribution is 0.412. The van der Waals surface area contributed by atoms with Crippen LogP contribution in [0.3, 0.4) is 0 Å². The summed E-state index contributed by atoms with van der Waals surface area (Å²) in [7, 11) is 3.63. The molecular weight excluding hydrogens is 204 g/mol. The van der Waals surface area contributed by atoms with Crippen LogP contribution in [0.5, 0.6) is 5.75 Å². The van der Waals surface area contributed by atoms with E-state index in [9.17, 15) is 0 Å². The van der Waals surface area contributed by atoms with Crippen LogP contribution in [0, 0.1) is 0 Å². The predicted molar refractivity (Wildman–Crippen MR) is 66.3 cm³/mol. The monoisotopic (exact) mass is 224 g/mol. The lowest BCUT2D eigenvalue weighted by Gasteiger charge is -2.24. The number of anilines is 2. The third kappa shape index (κ3) is 2.53. The van der Waals surface area contributed by atoms with Crippen LogP contribution in [0.4, 0.5) is 11.6 Å². The lowest BCUT2D eigenvalue weighted by Crippen LogP contribution is -2.27. The number of nitrogens with zero attached hydrogens (tertiary/aromatic N) is 3. The van der Waals surface area contributed by atoms with Gasteiger partial charge in [-0.3, -0.25) is 0 Å².